The number of halogens is 6. The zero-order valence-corrected chi connectivity index (χ0v) is 36.7. The van der Waals surface area contributed by atoms with Crippen LogP contribution >= 0.6 is 0 Å². The highest BCUT2D eigenvalue weighted by atomic mass is 19.4. The van der Waals surface area contributed by atoms with Gasteiger partial charge < -0.3 is 52.7 Å². The van der Waals surface area contributed by atoms with Crippen molar-refractivity contribution in [3.8, 4) is 68.7 Å². The first-order valence-electron chi connectivity index (χ1n) is 21.3. The molecule has 4 aromatic carbocycles. The second kappa shape index (κ2) is 21.6. The van der Waals surface area contributed by atoms with E-state index in [0.29, 0.717) is 53.5 Å². The number of hydrogen-bond acceptors (Lipinski definition) is 15. The van der Waals surface area contributed by atoms with Crippen LogP contribution in [0.4, 0.5) is 26.3 Å². The molecule has 17 nitrogen and oxygen atoms in total. The fraction of sp³-hybridized carbons (Fsp3) is 0.208. The monoisotopic (exact) mass is 987 g/mol. The fourth-order valence-electron chi connectivity index (χ4n) is 6.56. The van der Waals surface area contributed by atoms with Crippen LogP contribution in [-0.2, 0) is 17.8 Å². The Labute approximate surface area is 397 Å². The van der Waals surface area contributed by atoms with Gasteiger partial charge in [-0.05, 0) is 96.1 Å². The maximum Gasteiger partial charge on any atom is 0.573 e. The SMILES string of the molecule is NCC(O)COc1cccc(Cn2cc(-c3nc(-c4ccc(OC(F)(F)F)cc4)no3)ccc2=O)c1.O=c1ccc(-c2nc(-c3ccc(OC(F)(F)F)cc3)no2)cn1Cc1cccc(OCC2CO2)c1. The van der Waals surface area contributed by atoms with Gasteiger partial charge in [-0.3, -0.25) is 9.59 Å². The molecule has 1 aliphatic heterocycles. The number of benzene rings is 4. The average Bonchev–Trinajstić information content (AvgIpc) is 3.80. The molecule has 71 heavy (non-hydrogen) atoms. The van der Waals surface area contributed by atoms with Crippen LogP contribution in [0.15, 0.2) is 152 Å². The van der Waals surface area contributed by atoms with Crippen molar-refractivity contribution in [2.75, 3.05) is 26.4 Å². The van der Waals surface area contributed by atoms with Crippen molar-refractivity contribution in [1.29, 1.82) is 0 Å². The second-order valence-corrected chi connectivity index (χ2v) is 15.5. The third-order valence-corrected chi connectivity index (χ3v) is 10.1. The van der Waals surface area contributed by atoms with Gasteiger partial charge in [-0.25, -0.2) is 0 Å². The Balaban J connectivity index is 0.000000190. The quantitative estimate of drug-likeness (QED) is 0.0667. The summed E-state index contributed by atoms with van der Waals surface area (Å²) in [7, 11) is 0. The van der Waals surface area contributed by atoms with Gasteiger partial charge >= 0.3 is 12.7 Å². The minimum atomic E-state index is -4.79. The maximum absolute atomic E-state index is 12.4. The molecule has 9 rings (SSSR count). The van der Waals surface area contributed by atoms with Gasteiger partial charge in [0.05, 0.1) is 30.8 Å². The molecule has 0 amide bonds. The Bertz CT molecular complexity index is 3170. The van der Waals surface area contributed by atoms with Crippen LogP contribution in [0.5, 0.6) is 23.0 Å². The van der Waals surface area contributed by atoms with E-state index >= 15 is 0 Å². The van der Waals surface area contributed by atoms with E-state index in [9.17, 15) is 41.0 Å². The predicted molar refractivity (Wildman–Crippen MR) is 239 cm³/mol. The lowest BCUT2D eigenvalue weighted by atomic mass is 10.2. The number of pyridine rings is 2. The van der Waals surface area contributed by atoms with Crippen LogP contribution in [0.3, 0.4) is 0 Å². The van der Waals surface area contributed by atoms with E-state index in [4.69, 9.17) is 29.0 Å². The Morgan fingerprint density at radius 3 is 1.48 bits per heavy atom. The van der Waals surface area contributed by atoms with Crippen LogP contribution in [0.25, 0.3) is 45.7 Å². The molecule has 5 heterocycles. The zero-order valence-electron chi connectivity index (χ0n) is 36.7. The number of alkyl halides is 6. The third kappa shape index (κ3) is 14.2. The molecular weight excluding hydrogens is 949 g/mol. The van der Waals surface area contributed by atoms with Gasteiger partial charge in [0.15, 0.2) is 0 Å². The first-order chi connectivity index (χ1) is 34.0. The summed E-state index contributed by atoms with van der Waals surface area (Å²) in [4.78, 5) is 33.5. The van der Waals surface area contributed by atoms with Crippen LogP contribution in [0, 0.1) is 0 Å². The van der Waals surface area contributed by atoms with E-state index in [2.05, 4.69) is 29.8 Å². The number of epoxide rings is 1. The van der Waals surface area contributed by atoms with Gasteiger partial charge in [0.2, 0.25) is 11.6 Å². The predicted octanol–water partition coefficient (Wildman–Crippen LogP) is 7.50. The minimum absolute atomic E-state index is 0.0486. The van der Waals surface area contributed by atoms with E-state index in [-0.39, 0.29) is 71.8 Å². The number of rotatable bonds is 17. The second-order valence-electron chi connectivity index (χ2n) is 15.5. The topological polar surface area (TPSA) is 218 Å². The molecule has 0 aliphatic carbocycles. The Hall–Kier alpha value is -8.28. The standard InChI is InChI=1S/C24H21F3N4O5.C24H18F3N3O5/c25-24(26,27)35-19-7-4-16(5-8-19)22-29-23(36-30-22)17-6-9-21(33)31(13-17)12-15-2-1-3-20(10-15)34-14-18(32)11-28;25-24(26,27)34-18-7-4-16(5-8-18)22-28-23(35-29-22)17-6-9-21(31)30(12-17)11-15-2-1-3-19(10-15)32-13-20-14-33-20/h1-10,13,18,32H,11-12,14,28H2;1-10,12,20H,11,13-14H2. The summed E-state index contributed by atoms with van der Waals surface area (Å²) in [5.41, 5.74) is 8.40. The van der Waals surface area contributed by atoms with Crippen LogP contribution in [0.2, 0.25) is 0 Å². The highest BCUT2D eigenvalue weighted by Crippen LogP contribution is 2.29. The van der Waals surface area contributed by atoms with Crippen molar-refractivity contribution < 1.29 is 64.2 Å². The van der Waals surface area contributed by atoms with Crippen LogP contribution in [0.1, 0.15) is 11.1 Å². The highest BCUT2D eigenvalue weighted by Gasteiger charge is 2.32. The Morgan fingerprint density at radius 2 is 1.06 bits per heavy atom. The van der Waals surface area contributed by atoms with Crippen LogP contribution in [-0.4, -0.2) is 85.8 Å². The molecule has 2 atom stereocenters. The smallest absolute Gasteiger partial charge is 0.491 e. The summed E-state index contributed by atoms with van der Waals surface area (Å²) in [6.45, 7) is 1.84. The summed E-state index contributed by atoms with van der Waals surface area (Å²) >= 11 is 0. The lowest BCUT2D eigenvalue weighted by Gasteiger charge is -2.12. The maximum atomic E-state index is 12.4. The van der Waals surface area contributed by atoms with Crippen molar-refractivity contribution in [3.63, 3.8) is 0 Å². The number of nitrogens with zero attached hydrogens (tertiary/aromatic N) is 6. The zero-order chi connectivity index (χ0) is 50.1. The van der Waals surface area contributed by atoms with Crippen molar-refractivity contribution in [2.24, 2.45) is 5.73 Å². The molecule has 3 N–H and O–H groups in total. The summed E-state index contributed by atoms with van der Waals surface area (Å²) in [5.74, 6) is 1.12. The summed E-state index contributed by atoms with van der Waals surface area (Å²) in [6.07, 6.45) is -7.03. The summed E-state index contributed by atoms with van der Waals surface area (Å²) < 4.78 is 112. The molecule has 1 saturated heterocycles. The number of aromatic nitrogens is 6. The molecule has 1 aliphatic rings. The molecule has 0 saturated carbocycles. The van der Waals surface area contributed by atoms with Crippen LogP contribution < -0.4 is 35.8 Å². The highest BCUT2D eigenvalue weighted by molar-refractivity contribution is 5.61. The number of hydrogen-bond donors (Lipinski definition) is 2. The largest absolute Gasteiger partial charge is 0.573 e. The van der Waals surface area contributed by atoms with E-state index in [1.807, 2.05) is 30.3 Å². The summed E-state index contributed by atoms with van der Waals surface area (Å²) in [6, 6.07) is 30.5. The summed E-state index contributed by atoms with van der Waals surface area (Å²) in [5, 5.41) is 17.3. The Morgan fingerprint density at radius 1 is 0.620 bits per heavy atom. The van der Waals surface area contributed by atoms with E-state index in [1.165, 1.54) is 51.6 Å². The van der Waals surface area contributed by atoms with Crippen molar-refractivity contribution >= 4 is 0 Å². The van der Waals surface area contributed by atoms with Gasteiger partial charge in [-0.1, -0.05) is 34.6 Å². The van der Waals surface area contributed by atoms with Gasteiger partial charge in [0, 0.05) is 42.2 Å². The fourth-order valence-corrected chi connectivity index (χ4v) is 6.56. The molecule has 0 spiro atoms. The van der Waals surface area contributed by atoms with Gasteiger partial charge in [0.1, 0.15) is 48.4 Å². The molecule has 0 bridgehead atoms. The van der Waals surface area contributed by atoms with Gasteiger partial charge in [-0.2, -0.15) is 9.97 Å². The van der Waals surface area contributed by atoms with Crippen molar-refractivity contribution in [1.82, 2.24) is 29.4 Å². The normalized spacial score (nSPS) is 13.7. The molecule has 0 radical (unpaired) electrons. The molecular formula is C48H39F6N7O10. The molecule has 368 valence electrons. The number of ether oxygens (including phenoxy) is 5. The average molecular weight is 988 g/mol. The lowest BCUT2D eigenvalue weighted by Crippen LogP contribution is -2.26. The number of nitrogens with two attached hydrogens (primary N) is 1. The Kier molecular flexibility index (Phi) is 14.9. The van der Waals surface area contributed by atoms with E-state index < -0.39 is 18.8 Å². The molecule has 23 heteroatoms. The van der Waals surface area contributed by atoms with E-state index in [1.54, 1.807) is 36.7 Å². The molecule has 8 aromatic rings. The number of aliphatic hydroxyl groups is 1. The van der Waals surface area contributed by atoms with Gasteiger partial charge in [-0.15, -0.1) is 26.3 Å². The molecule has 4 aromatic heterocycles. The molecule has 2 unspecified atom stereocenters. The third-order valence-electron chi connectivity index (χ3n) is 10.1. The van der Waals surface area contributed by atoms with Gasteiger partial charge in [0.25, 0.3) is 22.9 Å². The van der Waals surface area contributed by atoms with Crippen molar-refractivity contribution in [3.05, 3.63) is 166 Å². The minimum Gasteiger partial charge on any atom is -0.491 e. The first-order valence-corrected chi connectivity index (χ1v) is 21.3. The van der Waals surface area contributed by atoms with Crippen molar-refractivity contribution in [2.45, 2.75) is 38.0 Å². The lowest BCUT2D eigenvalue weighted by molar-refractivity contribution is -0.275. The molecule has 1 fully saturated rings. The first kappa shape index (κ1) is 49.2. The van der Waals surface area contributed by atoms with E-state index in [0.717, 1.165) is 35.4 Å². The number of aliphatic hydroxyl groups excluding tert-OH is 1.